The van der Waals surface area contributed by atoms with Crippen molar-refractivity contribution in [3.05, 3.63) is 95.8 Å². The van der Waals surface area contributed by atoms with Gasteiger partial charge in [-0.1, -0.05) is 42.1 Å². The van der Waals surface area contributed by atoms with Gasteiger partial charge in [-0.05, 0) is 61.0 Å². The van der Waals surface area contributed by atoms with Gasteiger partial charge in [-0.3, -0.25) is 9.36 Å². The maximum atomic E-state index is 12.7. The maximum absolute atomic E-state index is 12.7. The molecule has 3 aromatic carbocycles. The van der Waals surface area contributed by atoms with Crippen molar-refractivity contribution in [3.63, 3.8) is 0 Å². The molecular formula is C26H26N4O3S. The number of nitrogens with one attached hydrogen (secondary N) is 1. The second kappa shape index (κ2) is 11.4. The van der Waals surface area contributed by atoms with Gasteiger partial charge < -0.3 is 14.8 Å². The Morgan fingerprint density at radius 1 is 0.941 bits per heavy atom. The normalized spacial score (nSPS) is 10.6. The fourth-order valence-electron chi connectivity index (χ4n) is 3.35. The van der Waals surface area contributed by atoms with Crippen molar-refractivity contribution in [2.45, 2.75) is 24.4 Å². The molecule has 0 aliphatic heterocycles. The van der Waals surface area contributed by atoms with E-state index in [1.165, 1.54) is 5.56 Å². The Balaban J connectivity index is 1.55. The van der Waals surface area contributed by atoms with Gasteiger partial charge in [-0.25, -0.2) is 0 Å². The first kappa shape index (κ1) is 23.4. The third-order valence-corrected chi connectivity index (χ3v) is 6.08. The maximum Gasteiger partial charge on any atom is 0.251 e. The average Bonchev–Trinajstić information content (AvgIpc) is 3.30. The van der Waals surface area contributed by atoms with E-state index in [0.717, 1.165) is 22.3 Å². The van der Waals surface area contributed by atoms with Crippen molar-refractivity contribution in [3.8, 4) is 17.2 Å². The smallest absolute Gasteiger partial charge is 0.251 e. The zero-order valence-corrected chi connectivity index (χ0v) is 19.9. The van der Waals surface area contributed by atoms with Gasteiger partial charge in [0.15, 0.2) is 11.0 Å². The van der Waals surface area contributed by atoms with Crippen LogP contribution in [0, 0.1) is 0 Å². The van der Waals surface area contributed by atoms with E-state index >= 15 is 0 Å². The van der Waals surface area contributed by atoms with E-state index in [1.807, 2.05) is 54.0 Å². The fourth-order valence-corrected chi connectivity index (χ4v) is 4.28. The zero-order valence-electron chi connectivity index (χ0n) is 19.1. The van der Waals surface area contributed by atoms with Crippen LogP contribution in [0.2, 0.25) is 0 Å². The van der Waals surface area contributed by atoms with E-state index in [4.69, 9.17) is 9.47 Å². The van der Waals surface area contributed by atoms with Crippen molar-refractivity contribution in [2.24, 2.45) is 0 Å². The van der Waals surface area contributed by atoms with Crippen LogP contribution in [0.15, 0.2) is 84.0 Å². The van der Waals surface area contributed by atoms with E-state index in [9.17, 15) is 4.79 Å². The second-order valence-electron chi connectivity index (χ2n) is 7.35. The van der Waals surface area contributed by atoms with Gasteiger partial charge in [-0.15, -0.1) is 10.2 Å². The Labute approximate surface area is 203 Å². The zero-order chi connectivity index (χ0) is 23.8. The van der Waals surface area contributed by atoms with E-state index in [0.29, 0.717) is 23.7 Å². The molecular weight excluding hydrogens is 448 g/mol. The number of carbonyl (C=O) groups excluding carboxylic acids is 1. The third kappa shape index (κ3) is 5.77. The lowest BCUT2D eigenvalue weighted by Crippen LogP contribution is -2.24. The molecule has 0 radical (unpaired) electrons. The van der Waals surface area contributed by atoms with E-state index in [2.05, 4.69) is 27.6 Å². The minimum absolute atomic E-state index is 0.192. The molecule has 4 rings (SSSR count). The fraction of sp³-hybridized carbons (Fsp3) is 0.192. The van der Waals surface area contributed by atoms with Crippen LogP contribution in [-0.2, 0) is 12.3 Å². The first-order chi connectivity index (χ1) is 16.7. The lowest BCUT2D eigenvalue weighted by molar-refractivity contribution is 0.0949. The lowest BCUT2D eigenvalue weighted by atomic mass is 10.2. The van der Waals surface area contributed by atoms with E-state index in [1.54, 1.807) is 43.1 Å². The quantitative estimate of drug-likeness (QED) is 0.330. The summed E-state index contributed by atoms with van der Waals surface area (Å²) < 4.78 is 12.7. The number of methoxy groups -OCH3 is 1. The predicted molar refractivity (Wildman–Crippen MR) is 133 cm³/mol. The number of hydrogen-bond acceptors (Lipinski definition) is 6. The second-order valence-corrected chi connectivity index (χ2v) is 8.29. The number of amides is 1. The van der Waals surface area contributed by atoms with Crippen LogP contribution in [0.1, 0.15) is 28.7 Å². The molecule has 0 unspecified atom stereocenters. The van der Waals surface area contributed by atoms with E-state index in [-0.39, 0.29) is 12.5 Å². The topological polar surface area (TPSA) is 78.3 Å². The summed E-state index contributed by atoms with van der Waals surface area (Å²) in [4.78, 5) is 12.7. The van der Waals surface area contributed by atoms with Gasteiger partial charge in [0.1, 0.15) is 11.5 Å². The number of nitrogens with zero attached hydrogens (tertiary/aromatic N) is 3. The van der Waals surface area contributed by atoms with Gasteiger partial charge in [0.2, 0.25) is 0 Å². The molecule has 1 amide bonds. The molecule has 0 atom stereocenters. The summed E-state index contributed by atoms with van der Waals surface area (Å²) in [6.45, 7) is 2.79. The Bertz CT molecular complexity index is 1210. The number of rotatable bonds is 10. The van der Waals surface area contributed by atoms with Crippen LogP contribution in [-0.4, -0.2) is 34.4 Å². The first-order valence-electron chi connectivity index (χ1n) is 10.9. The molecule has 0 fully saturated rings. The van der Waals surface area contributed by atoms with Crippen molar-refractivity contribution < 1.29 is 14.3 Å². The van der Waals surface area contributed by atoms with Crippen molar-refractivity contribution in [2.75, 3.05) is 13.7 Å². The monoisotopic (exact) mass is 474 g/mol. The lowest BCUT2D eigenvalue weighted by Gasteiger charge is -2.12. The van der Waals surface area contributed by atoms with Crippen LogP contribution in [0.4, 0.5) is 0 Å². The molecule has 0 bridgehead atoms. The van der Waals surface area contributed by atoms with Gasteiger partial charge >= 0.3 is 0 Å². The summed E-state index contributed by atoms with van der Waals surface area (Å²) in [5.41, 5.74) is 2.65. The molecule has 8 heteroatoms. The Morgan fingerprint density at radius 3 is 2.32 bits per heavy atom. The van der Waals surface area contributed by atoms with Crippen LogP contribution in [0.3, 0.4) is 0 Å². The van der Waals surface area contributed by atoms with Gasteiger partial charge in [0.05, 0.1) is 20.3 Å². The molecule has 0 aliphatic carbocycles. The first-order valence-corrected chi connectivity index (χ1v) is 11.9. The summed E-state index contributed by atoms with van der Waals surface area (Å²) in [6, 6.07) is 25.0. The molecule has 0 aliphatic rings. The molecule has 0 spiro atoms. The standard InChI is InChI=1S/C26H26N4O3S/c1-3-33-23-15-11-21(12-16-23)30-24(17-27-25(31)20-9-13-22(32-2)14-10-20)28-29-26(30)34-18-19-7-5-4-6-8-19/h4-16H,3,17-18H2,1-2H3,(H,27,31). The molecule has 0 saturated heterocycles. The molecule has 1 heterocycles. The summed E-state index contributed by atoms with van der Waals surface area (Å²) in [5, 5.41) is 12.5. The number of hydrogen-bond donors (Lipinski definition) is 1. The Kier molecular flexibility index (Phi) is 7.83. The summed E-state index contributed by atoms with van der Waals surface area (Å²) in [5.74, 6) is 2.71. The van der Waals surface area contributed by atoms with Crippen molar-refractivity contribution in [1.29, 1.82) is 0 Å². The highest BCUT2D eigenvalue weighted by molar-refractivity contribution is 7.98. The predicted octanol–water partition coefficient (Wildman–Crippen LogP) is 4.90. The molecule has 0 saturated carbocycles. The number of ether oxygens (including phenoxy) is 2. The van der Waals surface area contributed by atoms with Crippen LogP contribution in [0.5, 0.6) is 11.5 Å². The minimum atomic E-state index is -0.192. The van der Waals surface area contributed by atoms with Crippen LogP contribution >= 0.6 is 11.8 Å². The highest BCUT2D eigenvalue weighted by Crippen LogP contribution is 2.26. The molecule has 1 aromatic heterocycles. The summed E-state index contributed by atoms with van der Waals surface area (Å²) >= 11 is 1.60. The summed E-state index contributed by atoms with van der Waals surface area (Å²) in [7, 11) is 1.59. The molecule has 174 valence electrons. The summed E-state index contributed by atoms with van der Waals surface area (Å²) in [6.07, 6.45) is 0. The Morgan fingerprint density at radius 2 is 1.65 bits per heavy atom. The van der Waals surface area contributed by atoms with Gasteiger partial charge in [-0.2, -0.15) is 0 Å². The molecule has 1 N–H and O–H groups in total. The minimum Gasteiger partial charge on any atom is -0.497 e. The van der Waals surface area contributed by atoms with Gasteiger partial charge in [0, 0.05) is 17.0 Å². The highest BCUT2D eigenvalue weighted by Gasteiger charge is 2.16. The third-order valence-electron chi connectivity index (χ3n) is 5.08. The molecule has 4 aromatic rings. The molecule has 34 heavy (non-hydrogen) atoms. The van der Waals surface area contributed by atoms with Crippen molar-refractivity contribution in [1.82, 2.24) is 20.1 Å². The van der Waals surface area contributed by atoms with Crippen LogP contribution in [0.25, 0.3) is 5.69 Å². The van der Waals surface area contributed by atoms with Crippen LogP contribution < -0.4 is 14.8 Å². The SMILES string of the molecule is CCOc1ccc(-n2c(CNC(=O)c3ccc(OC)cc3)nnc2SCc2ccccc2)cc1. The molecule has 7 nitrogen and oxygen atoms in total. The largest absolute Gasteiger partial charge is 0.497 e. The van der Waals surface area contributed by atoms with Gasteiger partial charge in [0.25, 0.3) is 5.91 Å². The highest BCUT2D eigenvalue weighted by atomic mass is 32.2. The number of carbonyl (C=O) groups is 1. The number of thioether (sulfide) groups is 1. The van der Waals surface area contributed by atoms with Crippen molar-refractivity contribution >= 4 is 17.7 Å². The average molecular weight is 475 g/mol. The number of benzene rings is 3. The Hall–Kier alpha value is -3.78. The van der Waals surface area contributed by atoms with E-state index < -0.39 is 0 Å². The number of aromatic nitrogens is 3.